The quantitative estimate of drug-likeness (QED) is 0.597. The van der Waals surface area contributed by atoms with Crippen molar-refractivity contribution in [3.63, 3.8) is 0 Å². The molecule has 0 saturated carbocycles. The van der Waals surface area contributed by atoms with Crippen LogP contribution in [0.5, 0.6) is 5.75 Å². The Morgan fingerprint density at radius 3 is 2.34 bits per heavy atom. The van der Waals surface area contributed by atoms with Crippen LogP contribution in [0.25, 0.3) is 11.1 Å². The maximum Gasteiger partial charge on any atom is 0.267 e. The fraction of sp³-hybridized carbons (Fsp3) is 0.273. The molecule has 1 aliphatic heterocycles. The third-order valence-corrected chi connectivity index (χ3v) is 6.60. The molecule has 7 heteroatoms. The van der Waals surface area contributed by atoms with E-state index in [2.05, 4.69) is 4.90 Å². The molecule has 0 radical (unpaired) electrons. The molecule has 0 amide bonds. The van der Waals surface area contributed by atoms with Gasteiger partial charge in [-0.2, -0.15) is 0 Å². The molecule has 1 aromatic heterocycles. The van der Waals surface area contributed by atoms with Crippen molar-refractivity contribution in [2.45, 2.75) is 4.90 Å². The van der Waals surface area contributed by atoms with Gasteiger partial charge < -0.3 is 9.47 Å². The highest BCUT2D eigenvalue weighted by Crippen LogP contribution is 2.25. The molecule has 0 aliphatic carbocycles. The first kappa shape index (κ1) is 19.7. The van der Waals surface area contributed by atoms with Crippen molar-refractivity contribution in [1.82, 2.24) is 8.87 Å². The Balaban J connectivity index is 1.42. The molecule has 0 N–H and O–H groups in total. The van der Waals surface area contributed by atoms with E-state index in [1.54, 1.807) is 30.3 Å². The second kappa shape index (κ2) is 8.82. The lowest BCUT2D eigenvalue weighted by Crippen LogP contribution is -2.38. The number of hydrogen-bond donors (Lipinski definition) is 0. The van der Waals surface area contributed by atoms with Crippen LogP contribution in [0.4, 0.5) is 0 Å². The van der Waals surface area contributed by atoms with Crippen LogP contribution in [0.1, 0.15) is 0 Å². The van der Waals surface area contributed by atoms with Crippen molar-refractivity contribution < 1.29 is 17.9 Å². The molecule has 29 heavy (non-hydrogen) atoms. The molecule has 2 heterocycles. The van der Waals surface area contributed by atoms with Gasteiger partial charge in [0.05, 0.1) is 18.1 Å². The highest BCUT2D eigenvalue weighted by molar-refractivity contribution is 7.90. The Hall–Kier alpha value is -2.61. The van der Waals surface area contributed by atoms with E-state index in [0.717, 1.165) is 49.7 Å². The summed E-state index contributed by atoms with van der Waals surface area (Å²) >= 11 is 0. The van der Waals surface area contributed by atoms with Gasteiger partial charge in [0.2, 0.25) is 0 Å². The van der Waals surface area contributed by atoms with Crippen LogP contribution in [-0.4, -0.2) is 56.7 Å². The summed E-state index contributed by atoms with van der Waals surface area (Å²) in [6, 6.07) is 18.1. The standard InChI is InChI=1S/C22H24N2O4S/c25-29(26,24-10-1-2-11-24)22-5-3-4-20(18-22)19-6-8-21(9-7-19)28-17-14-23-12-15-27-16-13-23/h1-11,18H,12-17H2. The number of benzene rings is 2. The van der Waals surface area contributed by atoms with Crippen LogP contribution in [0, 0.1) is 0 Å². The minimum Gasteiger partial charge on any atom is -0.492 e. The fourth-order valence-electron chi connectivity index (χ4n) is 3.30. The Morgan fingerprint density at radius 1 is 0.897 bits per heavy atom. The van der Waals surface area contributed by atoms with Crippen LogP contribution in [0.15, 0.2) is 78.0 Å². The summed E-state index contributed by atoms with van der Waals surface area (Å²) in [6.45, 7) is 4.98. The molecule has 0 bridgehead atoms. The maximum absolute atomic E-state index is 12.7. The van der Waals surface area contributed by atoms with Gasteiger partial charge in [-0.3, -0.25) is 4.90 Å². The largest absolute Gasteiger partial charge is 0.492 e. The van der Waals surface area contributed by atoms with E-state index in [-0.39, 0.29) is 4.90 Å². The van der Waals surface area contributed by atoms with Gasteiger partial charge in [-0.05, 0) is 47.5 Å². The number of rotatable bonds is 7. The smallest absolute Gasteiger partial charge is 0.267 e. The fourth-order valence-corrected chi connectivity index (χ4v) is 4.53. The average Bonchev–Trinajstić information content (AvgIpc) is 3.31. The van der Waals surface area contributed by atoms with Gasteiger partial charge in [-0.1, -0.05) is 24.3 Å². The minimum atomic E-state index is -3.58. The lowest BCUT2D eigenvalue weighted by molar-refractivity contribution is 0.0322. The Morgan fingerprint density at radius 2 is 1.62 bits per heavy atom. The Labute approximate surface area is 171 Å². The lowest BCUT2D eigenvalue weighted by Gasteiger charge is -2.26. The summed E-state index contributed by atoms with van der Waals surface area (Å²) in [4.78, 5) is 2.59. The molecule has 2 aromatic carbocycles. The molecule has 0 atom stereocenters. The molecule has 1 fully saturated rings. The van der Waals surface area contributed by atoms with Crippen molar-refractivity contribution in [3.05, 3.63) is 73.1 Å². The number of nitrogens with zero attached hydrogens (tertiary/aromatic N) is 2. The van der Waals surface area contributed by atoms with E-state index >= 15 is 0 Å². The van der Waals surface area contributed by atoms with Gasteiger partial charge in [-0.25, -0.2) is 12.4 Å². The van der Waals surface area contributed by atoms with Crippen LogP contribution in [-0.2, 0) is 14.8 Å². The van der Waals surface area contributed by atoms with Crippen molar-refractivity contribution in [2.75, 3.05) is 39.5 Å². The van der Waals surface area contributed by atoms with Gasteiger partial charge in [-0.15, -0.1) is 0 Å². The second-order valence-corrected chi connectivity index (χ2v) is 8.72. The van der Waals surface area contributed by atoms with Crippen molar-refractivity contribution in [1.29, 1.82) is 0 Å². The van der Waals surface area contributed by atoms with Crippen molar-refractivity contribution >= 4 is 10.0 Å². The number of morpholine rings is 1. The first-order valence-electron chi connectivity index (χ1n) is 9.65. The molecule has 152 valence electrons. The lowest BCUT2D eigenvalue weighted by atomic mass is 10.1. The third kappa shape index (κ3) is 4.70. The number of aromatic nitrogens is 1. The summed E-state index contributed by atoms with van der Waals surface area (Å²) in [6.07, 6.45) is 3.07. The molecular weight excluding hydrogens is 388 g/mol. The first-order chi connectivity index (χ1) is 14.1. The highest BCUT2D eigenvalue weighted by Gasteiger charge is 2.16. The SMILES string of the molecule is O=S(=O)(c1cccc(-c2ccc(OCCN3CCOCC3)cc2)c1)n1cccc1. The molecule has 1 saturated heterocycles. The predicted octanol–water partition coefficient (Wildman–Crippen LogP) is 3.10. The van der Waals surface area contributed by atoms with Gasteiger partial charge >= 0.3 is 0 Å². The van der Waals surface area contributed by atoms with Gasteiger partial charge in [0.25, 0.3) is 10.0 Å². The summed E-state index contributed by atoms with van der Waals surface area (Å²) in [5.74, 6) is 0.804. The zero-order valence-electron chi connectivity index (χ0n) is 16.1. The van der Waals surface area contributed by atoms with E-state index in [9.17, 15) is 8.42 Å². The summed E-state index contributed by atoms with van der Waals surface area (Å²) in [5.41, 5.74) is 1.79. The van der Waals surface area contributed by atoms with E-state index in [1.165, 1.54) is 16.4 Å². The van der Waals surface area contributed by atoms with Crippen molar-refractivity contribution in [2.24, 2.45) is 0 Å². The Kier molecular flexibility index (Phi) is 5.99. The third-order valence-electron chi connectivity index (χ3n) is 4.95. The molecule has 0 spiro atoms. The van der Waals surface area contributed by atoms with Gasteiger partial charge in [0.1, 0.15) is 12.4 Å². The molecule has 6 nitrogen and oxygen atoms in total. The van der Waals surface area contributed by atoms with Gasteiger partial charge in [0, 0.05) is 32.0 Å². The summed E-state index contributed by atoms with van der Waals surface area (Å²) in [7, 11) is -3.58. The van der Waals surface area contributed by atoms with E-state index in [4.69, 9.17) is 9.47 Å². The van der Waals surface area contributed by atoms with Crippen LogP contribution >= 0.6 is 0 Å². The zero-order valence-corrected chi connectivity index (χ0v) is 16.9. The zero-order chi connectivity index (χ0) is 20.1. The molecule has 4 rings (SSSR count). The first-order valence-corrected chi connectivity index (χ1v) is 11.1. The van der Waals surface area contributed by atoms with Gasteiger partial charge in [0.15, 0.2) is 0 Å². The summed E-state index contributed by atoms with van der Waals surface area (Å²) < 4.78 is 37.8. The van der Waals surface area contributed by atoms with E-state index in [0.29, 0.717) is 6.61 Å². The Bertz CT molecular complexity index is 1020. The maximum atomic E-state index is 12.7. The minimum absolute atomic E-state index is 0.261. The monoisotopic (exact) mass is 412 g/mol. The summed E-state index contributed by atoms with van der Waals surface area (Å²) in [5, 5.41) is 0. The van der Waals surface area contributed by atoms with E-state index < -0.39 is 10.0 Å². The average molecular weight is 413 g/mol. The normalized spacial score (nSPS) is 15.3. The molecule has 3 aromatic rings. The predicted molar refractivity (Wildman–Crippen MR) is 112 cm³/mol. The van der Waals surface area contributed by atoms with E-state index in [1.807, 2.05) is 30.3 Å². The van der Waals surface area contributed by atoms with Crippen LogP contribution < -0.4 is 4.74 Å². The topological polar surface area (TPSA) is 60.8 Å². The van der Waals surface area contributed by atoms with Crippen LogP contribution in [0.3, 0.4) is 0 Å². The van der Waals surface area contributed by atoms with Crippen LogP contribution in [0.2, 0.25) is 0 Å². The number of hydrogen-bond acceptors (Lipinski definition) is 5. The highest BCUT2D eigenvalue weighted by atomic mass is 32.2. The van der Waals surface area contributed by atoms with Crippen molar-refractivity contribution in [3.8, 4) is 16.9 Å². The molecular formula is C22H24N2O4S. The molecule has 1 aliphatic rings. The molecule has 0 unspecified atom stereocenters. The number of ether oxygens (including phenoxy) is 2. The second-order valence-electron chi connectivity index (χ2n) is 6.87.